The Bertz CT molecular complexity index is 662. The van der Waals surface area contributed by atoms with Gasteiger partial charge in [0.15, 0.2) is 0 Å². The highest BCUT2D eigenvalue weighted by atomic mass is 19.4. The molecule has 0 aliphatic carbocycles. The lowest BCUT2D eigenvalue weighted by Gasteiger charge is -2.24. The number of hydrogen-bond acceptors (Lipinski definition) is 4. The Kier molecular flexibility index (Phi) is 8.23. The van der Waals surface area contributed by atoms with Gasteiger partial charge in [0, 0.05) is 25.3 Å². The first-order chi connectivity index (χ1) is 12.5. The minimum atomic E-state index is -4.47. The number of anilines is 2. The fourth-order valence-electron chi connectivity index (χ4n) is 2.19. The number of carbonyl (C=O) groups is 3. The summed E-state index contributed by atoms with van der Waals surface area (Å²) in [6.45, 7) is 1.62. The molecule has 1 aromatic rings. The molecule has 2 N–H and O–H groups in total. The van der Waals surface area contributed by atoms with Gasteiger partial charge in [-0.25, -0.2) is 0 Å². The van der Waals surface area contributed by atoms with Crippen LogP contribution in [0.25, 0.3) is 0 Å². The summed E-state index contributed by atoms with van der Waals surface area (Å²) in [4.78, 5) is 37.0. The summed E-state index contributed by atoms with van der Waals surface area (Å²) in [5.41, 5.74) is 1.07. The number of nitrogens with zero attached hydrogens (tertiary/aromatic N) is 2. The minimum Gasteiger partial charge on any atom is -0.336 e. The van der Waals surface area contributed by atoms with E-state index in [2.05, 4.69) is 10.6 Å². The number of nitrogens with one attached hydrogen (secondary N) is 2. The molecule has 0 saturated carbocycles. The Morgan fingerprint density at radius 3 is 1.96 bits per heavy atom. The van der Waals surface area contributed by atoms with E-state index in [9.17, 15) is 27.6 Å². The van der Waals surface area contributed by atoms with E-state index in [4.69, 9.17) is 0 Å². The van der Waals surface area contributed by atoms with Gasteiger partial charge >= 0.3 is 6.18 Å². The fourth-order valence-corrected chi connectivity index (χ4v) is 2.19. The molecule has 0 spiro atoms. The number of benzene rings is 1. The Labute approximate surface area is 155 Å². The number of carbonyl (C=O) groups excluding carboxylic acids is 3. The summed E-state index contributed by atoms with van der Waals surface area (Å²) in [6.07, 6.45) is -4.47. The van der Waals surface area contributed by atoms with Gasteiger partial charge in [-0.1, -0.05) is 6.92 Å². The highest BCUT2D eigenvalue weighted by Gasteiger charge is 2.31. The van der Waals surface area contributed by atoms with Gasteiger partial charge in [-0.2, -0.15) is 13.2 Å². The Morgan fingerprint density at radius 1 is 1.00 bits per heavy atom. The second-order valence-corrected chi connectivity index (χ2v) is 5.97. The van der Waals surface area contributed by atoms with Gasteiger partial charge in [-0.3, -0.25) is 19.3 Å². The first-order valence-electron chi connectivity index (χ1n) is 8.20. The molecule has 0 saturated heterocycles. The molecule has 150 valence electrons. The second-order valence-electron chi connectivity index (χ2n) is 5.97. The smallest absolute Gasteiger partial charge is 0.336 e. The Hall–Kier alpha value is -2.62. The third-order valence-electron chi connectivity index (χ3n) is 3.50. The van der Waals surface area contributed by atoms with E-state index < -0.39 is 24.5 Å². The molecular weight excluding hydrogens is 365 g/mol. The summed E-state index contributed by atoms with van der Waals surface area (Å²) in [5, 5.41) is 5.22. The monoisotopic (exact) mass is 388 g/mol. The van der Waals surface area contributed by atoms with Crippen molar-refractivity contribution >= 4 is 29.1 Å². The van der Waals surface area contributed by atoms with Crippen molar-refractivity contribution in [3.05, 3.63) is 24.3 Å². The maximum atomic E-state index is 12.3. The lowest BCUT2D eigenvalue weighted by atomic mass is 10.2. The zero-order valence-corrected chi connectivity index (χ0v) is 15.4. The van der Waals surface area contributed by atoms with Crippen LogP contribution in [-0.2, 0) is 14.4 Å². The Balaban J connectivity index is 2.55. The van der Waals surface area contributed by atoms with E-state index in [1.807, 2.05) is 0 Å². The van der Waals surface area contributed by atoms with Crippen molar-refractivity contribution in [2.75, 3.05) is 43.9 Å². The van der Waals surface area contributed by atoms with Crippen LogP contribution in [0, 0.1) is 0 Å². The summed E-state index contributed by atoms with van der Waals surface area (Å²) in [6, 6.07) is 6.43. The number of halogens is 3. The predicted octanol–water partition coefficient (Wildman–Crippen LogP) is 1.93. The van der Waals surface area contributed by atoms with Crippen molar-refractivity contribution in [3.63, 3.8) is 0 Å². The zero-order valence-electron chi connectivity index (χ0n) is 15.4. The Morgan fingerprint density at radius 2 is 1.52 bits per heavy atom. The molecule has 10 heteroatoms. The van der Waals surface area contributed by atoms with Crippen molar-refractivity contribution in [1.29, 1.82) is 0 Å². The van der Waals surface area contributed by atoms with Gasteiger partial charge in [0.25, 0.3) is 0 Å². The summed E-state index contributed by atoms with van der Waals surface area (Å²) in [7, 11) is 1.07. The number of likely N-dealkylation sites (N-methyl/N-ethyl adjacent to an activating group) is 2. The maximum Gasteiger partial charge on any atom is 0.406 e. The molecule has 0 unspecified atom stereocenters. The van der Waals surface area contributed by atoms with Gasteiger partial charge < -0.3 is 15.5 Å². The first kappa shape index (κ1) is 22.4. The predicted molar refractivity (Wildman–Crippen MR) is 95.2 cm³/mol. The van der Waals surface area contributed by atoms with Crippen molar-refractivity contribution in [2.24, 2.45) is 0 Å². The van der Waals surface area contributed by atoms with Crippen LogP contribution in [0.15, 0.2) is 24.3 Å². The quantitative estimate of drug-likeness (QED) is 0.713. The van der Waals surface area contributed by atoms with Crippen LogP contribution < -0.4 is 10.6 Å². The lowest BCUT2D eigenvalue weighted by molar-refractivity contribution is -0.159. The van der Waals surface area contributed by atoms with Gasteiger partial charge in [0.05, 0.1) is 13.1 Å². The van der Waals surface area contributed by atoms with Crippen molar-refractivity contribution in [3.8, 4) is 0 Å². The molecule has 0 fully saturated rings. The third kappa shape index (κ3) is 9.04. The number of alkyl halides is 3. The molecule has 27 heavy (non-hydrogen) atoms. The van der Waals surface area contributed by atoms with E-state index >= 15 is 0 Å². The van der Waals surface area contributed by atoms with Crippen LogP contribution >= 0.6 is 0 Å². The van der Waals surface area contributed by atoms with Crippen LogP contribution in [0.2, 0.25) is 0 Å². The van der Waals surface area contributed by atoms with Crippen LogP contribution in [0.4, 0.5) is 24.5 Å². The molecule has 0 bridgehead atoms. The fraction of sp³-hybridized carbons (Fsp3) is 0.471. The minimum absolute atomic E-state index is 0.143. The molecule has 3 amide bonds. The van der Waals surface area contributed by atoms with Crippen molar-refractivity contribution < 1.29 is 27.6 Å². The third-order valence-corrected chi connectivity index (χ3v) is 3.50. The topological polar surface area (TPSA) is 81.8 Å². The summed E-state index contributed by atoms with van der Waals surface area (Å²) in [5.74, 6) is -1.34. The van der Waals surface area contributed by atoms with E-state index in [-0.39, 0.29) is 19.0 Å². The molecule has 0 aromatic heterocycles. The molecule has 1 aromatic carbocycles. The highest BCUT2D eigenvalue weighted by Crippen LogP contribution is 2.16. The molecule has 0 aliphatic rings. The molecule has 0 atom stereocenters. The van der Waals surface area contributed by atoms with Gasteiger partial charge in [0.2, 0.25) is 17.7 Å². The van der Waals surface area contributed by atoms with E-state index in [1.54, 1.807) is 31.2 Å². The van der Waals surface area contributed by atoms with Crippen molar-refractivity contribution in [1.82, 2.24) is 9.80 Å². The van der Waals surface area contributed by atoms with Gasteiger partial charge in [-0.05, 0) is 30.8 Å². The van der Waals surface area contributed by atoms with Gasteiger partial charge in [0.1, 0.15) is 6.54 Å². The first-order valence-corrected chi connectivity index (χ1v) is 8.20. The van der Waals surface area contributed by atoms with E-state index in [1.165, 1.54) is 11.8 Å². The van der Waals surface area contributed by atoms with E-state index in [0.717, 1.165) is 7.05 Å². The second kappa shape index (κ2) is 9.91. The zero-order chi connectivity index (χ0) is 20.6. The van der Waals surface area contributed by atoms with Gasteiger partial charge in [-0.15, -0.1) is 0 Å². The largest absolute Gasteiger partial charge is 0.406 e. The summed E-state index contributed by atoms with van der Waals surface area (Å²) < 4.78 is 37.0. The highest BCUT2D eigenvalue weighted by molar-refractivity contribution is 5.93. The SMILES string of the molecule is CCN(CC(=O)Nc1ccc(NC(C)=O)cc1)CC(=O)N(C)CC(F)(F)F. The number of amides is 3. The van der Waals surface area contributed by atoms with E-state index in [0.29, 0.717) is 22.8 Å². The molecule has 1 rings (SSSR count). The maximum absolute atomic E-state index is 12.3. The average molecular weight is 388 g/mol. The molecular formula is C17H23F3N4O3. The molecule has 0 aliphatic heterocycles. The molecule has 0 radical (unpaired) electrons. The number of rotatable bonds is 8. The van der Waals surface area contributed by atoms with Crippen LogP contribution in [-0.4, -0.2) is 66.9 Å². The van der Waals surface area contributed by atoms with Crippen LogP contribution in [0.1, 0.15) is 13.8 Å². The normalized spacial score (nSPS) is 11.2. The lowest BCUT2D eigenvalue weighted by Crippen LogP contribution is -2.44. The van der Waals surface area contributed by atoms with Crippen molar-refractivity contribution in [2.45, 2.75) is 20.0 Å². The standard InChI is InChI=1S/C17H23F3N4O3/c1-4-24(10-16(27)23(3)11-17(18,19)20)9-15(26)22-14-7-5-13(6-8-14)21-12(2)25/h5-8H,4,9-11H2,1-3H3,(H,21,25)(H,22,26). The number of hydrogen-bond donors (Lipinski definition) is 2. The molecule has 0 heterocycles. The van der Waals surface area contributed by atoms with Crippen LogP contribution in [0.3, 0.4) is 0 Å². The molecule has 7 nitrogen and oxygen atoms in total. The summed E-state index contributed by atoms with van der Waals surface area (Å²) >= 11 is 0. The van der Waals surface area contributed by atoms with Crippen LogP contribution in [0.5, 0.6) is 0 Å². The average Bonchev–Trinajstić information content (AvgIpc) is 2.53.